The molecule has 1 N–H and O–H groups in total. The van der Waals surface area contributed by atoms with Gasteiger partial charge in [0.25, 0.3) is 5.56 Å². The number of ketones is 1. The normalized spacial score (nSPS) is 11.0. The molecule has 0 radical (unpaired) electrons. The summed E-state index contributed by atoms with van der Waals surface area (Å²) >= 11 is 1.41. The molecule has 6 aromatic rings. The van der Waals surface area contributed by atoms with Gasteiger partial charge in [-0.3, -0.25) is 28.2 Å². The summed E-state index contributed by atoms with van der Waals surface area (Å²) in [5.74, 6) is -0.0499. The van der Waals surface area contributed by atoms with Crippen molar-refractivity contribution in [3.8, 4) is 28.3 Å². The van der Waals surface area contributed by atoms with E-state index < -0.39 is 17.0 Å². The molecule has 0 aliphatic heterocycles. The zero-order valence-corrected chi connectivity index (χ0v) is 25.1. The van der Waals surface area contributed by atoms with Crippen molar-refractivity contribution in [1.82, 2.24) is 19.3 Å². The molecule has 12 heteroatoms. The van der Waals surface area contributed by atoms with E-state index in [1.54, 1.807) is 28.8 Å². The van der Waals surface area contributed by atoms with Crippen molar-refractivity contribution in [1.29, 1.82) is 0 Å². The number of H-pyrrole nitrogens is 1. The number of benzene rings is 3. The van der Waals surface area contributed by atoms with Crippen LogP contribution in [0.25, 0.3) is 32.7 Å². The van der Waals surface area contributed by atoms with Gasteiger partial charge in [-0.2, -0.15) is 0 Å². The van der Waals surface area contributed by atoms with Gasteiger partial charge in [0.2, 0.25) is 0 Å². The third-order valence-corrected chi connectivity index (χ3v) is 8.85. The Balaban J connectivity index is 0.00000400. The average Bonchev–Trinajstić information content (AvgIpc) is 3.68. The zero-order chi connectivity index (χ0) is 31.0. The van der Waals surface area contributed by atoms with Crippen molar-refractivity contribution in [2.75, 3.05) is 7.11 Å². The van der Waals surface area contributed by atoms with Gasteiger partial charge in [0, 0.05) is 16.0 Å². The number of aromatic amines is 1. The fourth-order valence-electron chi connectivity index (χ4n) is 5.29. The van der Waals surface area contributed by atoms with Crippen LogP contribution in [0.3, 0.4) is 0 Å². The Morgan fingerprint density at radius 2 is 1.69 bits per heavy atom. The molecule has 224 valence electrons. The molecule has 0 fully saturated rings. The van der Waals surface area contributed by atoms with Crippen molar-refractivity contribution in [2.24, 2.45) is 0 Å². The molecule has 0 aliphatic rings. The Morgan fingerprint density at radius 1 is 0.956 bits per heavy atom. The van der Waals surface area contributed by atoms with E-state index in [1.165, 1.54) is 18.4 Å². The maximum atomic E-state index is 13.9. The van der Waals surface area contributed by atoms with Gasteiger partial charge in [0.15, 0.2) is 11.6 Å². The first-order chi connectivity index (χ1) is 21.3. The van der Waals surface area contributed by atoms with Crippen molar-refractivity contribution in [3.05, 3.63) is 126 Å². The van der Waals surface area contributed by atoms with Crippen molar-refractivity contribution < 1.29 is 14.1 Å². The second-order valence-electron chi connectivity index (χ2n) is 10.3. The van der Waals surface area contributed by atoms with E-state index in [0.717, 1.165) is 31.7 Å². The quantitative estimate of drug-likeness (QED) is 0.182. The average molecular weight is 649 g/mol. The summed E-state index contributed by atoms with van der Waals surface area (Å²) in [6.07, 6.45) is 0.710. The van der Waals surface area contributed by atoms with Crippen LogP contribution in [0.2, 0.25) is 0 Å². The fourth-order valence-corrected chi connectivity index (χ4v) is 6.37. The summed E-state index contributed by atoms with van der Waals surface area (Å²) in [7, 11) is 1.54. The number of nitrogens with zero attached hydrogens (tertiary/aromatic N) is 3. The standard InChI is InChI=1S/C33H28N4O6S.K.H/c1-4-23-16-27-30(39)36(18-28(38)21-10-12-22(42-3)13-11-21)33(41)37(31(27)44-23)17-20-9-14-24(19(2)15-20)25-7-5-6-8-26(25)29-34-32(40)43-35-29;;/h5-16H,4,17-18H2,1-3H3,(H,34,35,40);;. The van der Waals surface area contributed by atoms with Crippen LogP contribution >= 0.6 is 11.3 Å². The number of thiophene rings is 1. The van der Waals surface area contributed by atoms with E-state index in [2.05, 4.69) is 10.1 Å². The molecule has 3 heterocycles. The summed E-state index contributed by atoms with van der Waals surface area (Å²) in [6, 6.07) is 21.8. The van der Waals surface area contributed by atoms with E-state index in [9.17, 15) is 19.2 Å². The van der Waals surface area contributed by atoms with Gasteiger partial charge in [-0.25, -0.2) is 9.59 Å². The molecule has 0 saturated heterocycles. The summed E-state index contributed by atoms with van der Waals surface area (Å²) in [4.78, 5) is 56.3. The Bertz CT molecular complexity index is 2210. The minimum atomic E-state index is -0.634. The number of ether oxygens (including phenoxy) is 1. The van der Waals surface area contributed by atoms with Crippen molar-refractivity contribution >= 4 is 78.7 Å². The van der Waals surface area contributed by atoms with Crippen LogP contribution < -0.4 is 21.7 Å². The van der Waals surface area contributed by atoms with Crippen molar-refractivity contribution in [3.63, 3.8) is 0 Å². The third-order valence-electron chi connectivity index (χ3n) is 7.55. The van der Waals surface area contributed by atoms with E-state index in [4.69, 9.17) is 9.26 Å². The molecule has 0 unspecified atom stereocenters. The van der Waals surface area contributed by atoms with E-state index in [-0.39, 0.29) is 70.3 Å². The monoisotopic (exact) mass is 648 g/mol. The molecular weight excluding hydrogens is 620 g/mol. The van der Waals surface area contributed by atoms with Crippen LogP contribution in [-0.4, -0.2) is 83.6 Å². The van der Waals surface area contributed by atoms with Gasteiger partial charge >= 0.3 is 62.8 Å². The van der Waals surface area contributed by atoms with Gasteiger partial charge in [0.1, 0.15) is 10.6 Å². The number of carbonyl (C=O) groups excluding carboxylic acids is 1. The predicted octanol–water partition coefficient (Wildman–Crippen LogP) is 4.40. The number of hydrogen-bond acceptors (Lipinski definition) is 8. The molecule has 0 amide bonds. The van der Waals surface area contributed by atoms with Gasteiger partial charge in [0.05, 0.1) is 25.6 Å². The molecule has 0 spiro atoms. The SMILES string of the molecule is CCc1cc2c(=O)n(CC(=O)c3ccc(OC)cc3)c(=O)n(Cc3ccc(-c4ccccc4-c4noc(=O)[nH]4)c(C)c3)c2s1.[KH]. The van der Waals surface area contributed by atoms with E-state index in [1.807, 2.05) is 62.4 Å². The Hall–Kier alpha value is -3.65. The number of carbonyl (C=O) groups is 1. The van der Waals surface area contributed by atoms with E-state index in [0.29, 0.717) is 39.3 Å². The number of nitrogens with one attached hydrogen (secondary N) is 1. The summed E-state index contributed by atoms with van der Waals surface area (Å²) in [5.41, 5.74) is 3.63. The second kappa shape index (κ2) is 13.8. The molecule has 3 aromatic heterocycles. The Labute approximate surface area is 303 Å². The molecule has 3 aromatic carbocycles. The summed E-state index contributed by atoms with van der Waals surface area (Å²) in [5, 5.41) is 4.26. The van der Waals surface area contributed by atoms with Crippen LogP contribution in [0.5, 0.6) is 5.75 Å². The molecular formula is C33H29KN4O6S. The third kappa shape index (κ3) is 6.53. The number of methoxy groups -OCH3 is 1. The number of aromatic nitrogens is 4. The number of Topliss-reactive ketones (excluding diaryl/α,β-unsaturated/α-hetero) is 1. The van der Waals surface area contributed by atoms with Crippen LogP contribution in [0, 0.1) is 6.92 Å². The molecule has 0 saturated carbocycles. The summed E-state index contributed by atoms with van der Waals surface area (Å²) in [6.45, 7) is 3.79. The van der Waals surface area contributed by atoms with Gasteiger partial charge in [-0.15, -0.1) is 11.3 Å². The molecule has 0 atom stereocenters. The first kappa shape index (κ1) is 32.7. The minimum absolute atomic E-state index is 0. The predicted molar refractivity (Wildman–Crippen MR) is 176 cm³/mol. The second-order valence-corrected chi connectivity index (χ2v) is 11.5. The number of rotatable bonds is 9. The van der Waals surface area contributed by atoms with Crippen LogP contribution in [0.1, 0.15) is 33.3 Å². The first-order valence-corrected chi connectivity index (χ1v) is 14.8. The Kier molecular flexibility index (Phi) is 10.0. The van der Waals surface area contributed by atoms with Crippen LogP contribution in [-0.2, 0) is 19.5 Å². The molecule has 45 heavy (non-hydrogen) atoms. The topological polar surface area (TPSA) is 129 Å². The zero-order valence-electron chi connectivity index (χ0n) is 24.2. The fraction of sp³-hybridized carbons (Fsp3) is 0.182. The number of fused-ring (bicyclic) bond motifs is 1. The molecule has 10 nitrogen and oxygen atoms in total. The Morgan fingerprint density at radius 3 is 2.33 bits per heavy atom. The molecule has 0 bridgehead atoms. The van der Waals surface area contributed by atoms with Gasteiger partial charge < -0.3 is 4.74 Å². The number of hydrogen-bond donors (Lipinski definition) is 1. The molecule has 0 aliphatic carbocycles. The summed E-state index contributed by atoms with van der Waals surface area (Å²) < 4.78 is 12.5. The van der Waals surface area contributed by atoms with Crippen LogP contribution in [0.4, 0.5) is 0 Å². The van der Waals surface area contributed by atoms with Crippen molar-refractivity contribution in [2.45, 2.75) is 33.4 Å². The number of aryl methyl sites for hydroxylation is 2. The van der Waals surface area contributed by atoms with E-state index >= 15 is 0 Å². The van der Waals surface area contributed by atoms with Crippen LogP contribution in [0.15, 0.2) is 91.7 Å². The first-order valence-electron chi connectivity index (χ1n) is 14.0. The van der Waals surface area contributed by atoms with Gasteiger partial charge in [-0.05, 0) is 65.9 Å². The maximum absolute atomic E-state index is 13.9. The molecule has 6 rings (SSSR count). The van der Waals surface area contributed by atoms with Gasteiger partial charge in [-0.1, -0.05) is 54.5 Å².